The summed E-state index contributed by atoms with van der Waals surface area (Å²) in [6, 6.07) is 3.88. The average molecular weight is 222 g/mol. The van der Waals surface area contributed by atoms with Crippen LogP contribution in [0.3, 0.4) is 0 Å². The van der Waals surface area contributed by atoms with Gasteiger partial charge in [0.25, 0.3) is 0 Å². The molecule has 0 aliphatic rings. The molecule has 0 saturated heterocycles. The van der Waals surface area contributed by atoms with Gasteiger partial charge in [-0.1, -0.05) is 11.6 Å². The van der Waals surface area contributed by atoms with E-state index in [4.69, 9.17) is 11.6 Å². The Labute approximate surface area is 93.2 Å². The molecule has 0 fully saturated rings. The van der Waals surface area contributed by atoms with Crippen LogP contribution < -0.4 is 0 Å². The van der Waals surface area contributed by atoms with Gasteiger partial charge in [-0.2, -0.15) is 0 Å². The van der Waals surface area contributed by atoms with Crippen LogP contribution in [0.25, 0.3) is 10.9 Å². The lowest BCUT2D eigenvalue weighted by atomic mass is 10.1. The molecule has 0 radical (unpaired) electrons. The summed E-state index contributed by atoms with van der Waals surface area (Å²) < 4.78 is 0. The van der Waals surface area contributed by atoms with Gasteiger partial charge in [-0.05, 0) is 38.5 Å². The van der Waals surface area contributed by atoms with E-state index in [1.165, 1.54) is 0 Å². The minimum atomic E-state index is 0.0698. The number of aromatic nitrogens is 1. The van der Waals surface area contributed by atoms with Crippen molar-refractivity contribution in [3.8, 4) is 0 Å². The van der Waals surface area contributed by atoms with Gasteiger partial charge in [-0.3, -0.25) is 4.79 Å². The van der Waals surface area contributed by atoms with Crippen LogP contribution in [0.15, 0.2) is 12.1 Å². The predicted octanol–water partition coefficient (Wildman–Crippen LogP) is 3.64. The molecule has 0 aliphatic carbocycles. The molecule has 2 nitrogen and oxygen atoms in total. The molecule has 0 aliphatic heterocycles. The Morgan fingerprint density at radius 1 is 1.33 bits per heavy atom. The van der Waals surface area contributed by atoms with E-state index in [0.717, 1.165) is 27.7 Å². The van der Waals surface area contributed by atoms with Gasteiger partial charge in [0.05, 0.1) is 10.5 Å². The summed E-state index contributed by atoms with van der Waals surface area (Å²) in [4.78, 5) is 14.7. The Morgan fingerprint density at radius 3 is 2.60 bits per heavy atom. The van der Waals surface area contributed by atoms with Crippen LogP contribution in [-0.4, -0.2) is 10.8 Å². The van der Waals surface area contributed by atoms with Gasteiger partial charge < -0.3 is 4.98 Å². The fourth-order valence-corrected chi connectivity index (χ4v) is 2.29. The number of nitrogens with one attached hydrogen (secondary N) is 1. The topological polar surface area (TPSA) is 32.9 Å². The van der Waals surface area contributed by atoms with Gasteiger partial charge >= 0.3 is 0 Å². The summed E-state index contributed by atoms with van der Waals surface area (Å²) in [5.74, 6) is 0.0698. The number of ketones is 1. The van der Waals surface area contributed by atoms with E-state index in [1.54, 1.807) is 6.92 Å². The Bertz CT molecular complexity index is 554. The highest BCUT2D eigenvalue weighted by molar-refractivity contribution is 6.35. The molecule has 0 bridgehead atoms. The van der Waals surface area contributed by atoms with Crippen molar-refractivity contribution in [1.82, 2.24) is 4.98 Å². The molecule has 0 unspecified atom stereocenters. The molecule has 1 aromatic heterocycles. The highest BCUT2D eigenvalue weighted by Crippen LogP contribution is 2.29. The maximum atomic E-state index is 11.5. The van der Waals surface area contributed by atoms with Crippen molar-refractivity contribution in [3.05, 3.63) is 34.0 Å². The minimum Gasteiger partial charge on any atom is -0.357 e. The van der Waals surface area contributed by atoms with Gasteiger partial charge in [0.2, 0.25) is 0 Å². The first-order valence-corrected chi connectivity index (χ1v) is 5.18. The maximum absolute atomic E-state index is 11.5. The number of hydrogen-bond acceptors (Lipinski definition) is 1. The van der Waals surface area contributed by atoms with Crippen molar-refractivity contribution < 1.29 is 4.79 Å². The molecule has 0 atom stereocenters. The number of Topliss-reactive ketones (excluding diaryl/α,β-unsaturated/α-hetero) is 1. The van der Waals surface area contributed by atoms with E-state index >= 15 is 0 Å². The Morgan fingerprint density at radius 2 is 2.00 bits per heavy atom. The molecule has 2 aromatic rings. The van der Waals surface area contributed by atoms with Gasteiger partial charge in [-0.15, -0.1) is 0 Å². The zero-order valence-corrected chi connectivity index (χ0v) is 9.70. The van der Waals surface area contributed by atoms with E-state index in [9.17, 15) is 4.79 Å². The molecule has 2 rings (SSSR count). The molecule has 0 saturated carbocycles. The van der Waals surface area contributed by atoms with E-state index in [-0.39, 0.29) is 5.78 Å². The molecule has 3 heteroatoms. The van der Waals surface area contributed by atoms with Crippen molar-refractivity contribution in [2.24, 2.45) is 0 Å². The van der Waals surface area contributed by atoms with Crippen LogP contribution in [0.4, 0.5) is 0 Å². The molecule has 0 spiro atoms. The molecule has 78 valence electrons. The van der Waals surface area contributed by atoms with Gasteiger partial charge in [0.15, 0.2) is 5.78 Å². The lowest BCUT2D eigenvalue weighted by Gasteiger charge is -1.98. The van der Waals surface area contributed by atoms with E-state index in [2.05, 4.69) is 4.98 Å². The largest absolute Gasteiger partial charge is 0.357 e. The van der Waals surface area contributed by atoms with Crippen LogP contribution in [0.5, 0.6) is 0 Å². The fourth-order valence-electron chi connectivity index (χ4n) is 1.97. The normalized spacial score (nSPS) is 10.9. The van der Waals surface area contributed by atoms with E-state index in [1.807, 2.05) is 26.0 Å². The number of hydrogen-bond donors (Lipinski definition) is 1. The van der Waals surface area contributed by atoms with Crippen LogP contribution in [0, 0.1) is 13.8 Å². The number of rotatable bonds is 1. The summed E-state index contributed by atoms with van der Waals surface area (Å²) in [5.41, 5.74) is 3.54. The predicted molar refractivity (Wildman–Crippen MR) is 62.8 cm³/mol. The SMILES string of the molecule is CC(=O)c1c(C)[nH]c2c(Cl)cc(C)cc12. The van der Waals surface area contributed by atoms with Crippen molar-refractivity contribution in [2.45, 2.75) is 20.8 Å². The summed E-state index contributed by atoms with van der Waals surface area (Å²) in [6.45, 7) is 5.44. The lowest BCUT2D eigenvalue weighted by molar-refractivity contribution is 0.101. The zero-order valence-electron chi connectivity index (χ0n) is 8.94. The Balaban J connectivity index is 2.93. The molecule has 1 heterocycles. The van der Waals surface area contributed by atoms with E-state index in [0.29, 0.717) is 5.02 Å². The third kappa shape index (κ3) is 1.55. The van der Waals surface area contributed by atoms with Gasteiger partial charge in [0, 0.05) is 16.6 Å². The summed E-state index contributed by atoms with van der Waals surface area (Å²) in [6.07, 6.45) is 0. The number of carbonyl (C=O) groups excluding carboxylic acids is 1. The second-order valence-electron chi connectivity index (χ2n) is 3.85. The molecule has 1 N–H and O–H groups in total. The first-order valence-electron chi connectivity index (χ1n) is 4.80. The highest BCUT2D eigenvalue weighted by atomic mass is 35.5. The number of fused-ring (bicyclic) bond motifs is 1. The van der Waals surface area contributed by atoms with Crippen molar-refractivity contribution in [1.29, 1.82) is 0 Å². The van der Waals surface area contributed by atoms with Crippen molar-refractivity contribution in [2.75, 3.05) is 0 Å². The third-order valence-corrected chi connectivity index (χ3v) is 2.84. The number of H-pyrrole nitrogens is 1. The number of halogens is 1. The second kappa shape index (κ2) is 3.38. The molecule has 1 aromatic carbocycles. The van der Waals surface area contributed by atoms with Gasteiger partial charge in [0.1, 0.15) is 0 Å². The minimum absolute atomic E-state index is 0.0698. The summed E-state index contributed by atoms with van der Waals surface area (Å²) in [7, 11) is 0. The van der Waals surface area contributed by atoms with Crippen LogP contribution in [-0.2, 0) is 0 Å². The van der Waals surface area contributed by atoms with Crippen LogP contribution in [0.2, 0.25) is 5.02 Å². The van der Waals surface area contributed by atoms with Crippen molar-refractivity contribution >= 4 is 28.3 Å². The first kappa shape index (κ1) is 10.2. The second-order valence-corrected chi connectivity index (χ2v) is 4.26. The zero-order chi connectivity index (χ0) is 11.2. The highest BCUT2D eigenvalue weighted by Gasteiger charge is 2.14. The lowest BCUT2D eigenvalue weighted by Crippen LogP contribution is -1.92. The van der Waals surface area contributed by atoms with Crippen LogP contribution in [0.1, 0.15) is 28.5 Å². The number of aromatic amines is 1. The number of benzene rings is 1. The first-order chi connectivity index (χ1) is 7.00. The molecule has 15 heavy (non-hydrogen) atoms. The van der Waals surface area contributed by atoms with Crippen LogP contribution >= 0.6 is 11.6 Å². The van der Waals surface area contributed by atoms with E-state index < -0.39 is 0 Å². The summed E-state index contributed by atoms with van der Waals surface area (Å²) in [5, 5.41) is 1.59. The Hall–Kier alpha value is -1.28. The number of aryl methyl sites for hydroxylation is 2. The standard InChI is InChI=1S/C12H12ClNO/c1-6-4-9-11(8(3)15)7(2)14-12(9)10(13)5-6/h4-5,14H,1-3H3. The molecular formula is C12H12ClNO. The molecule has 0 amide bonds. The smallest absolute Gasteiger partial charge is 0.162 e. The summed E-state index contributed by atoms with van der Waals surface area (Å²) >= 11 is 6.11. The third-order valence-electron chi connectivity index (χ3n) is 2.54. The molecular weight excluding hydrogens is 210 g/mol. The van der Waals surface area contributed by atoms with Gasteiger partial charge in [-0.25, -0.2) is 0 Å². The fraction of sp³-hybridized carbons (Fsp3) is 0.250. The monoisotopic (exact) mass is 221 g/mol. The average Bonchev–Trinajstić information content (AvgIpc) is 2.41. The Kier molecular flexibility index (Phi) is 2.31. The quantitative estimate of drug-likeness (QED) is 0.733. The maximum Gasteiger partial charge on any atom is 0.162 e. The number of carbonyl (C=O) groups is 1. The van der Waals surface area contributed by atoms with Crippen molar-refractivity contribution in [3.63, 3.8) is 0 Å².